The normalized spacial score (nSPS) is 10.8. The first-order valence-corrected chi connectivity index (χ1v) is 14.7. The van der Waals surface area contributed by atoms with Crippen LogP contribution in [-0.2, 0) is 24.2 Å². The van der Waals surface area contributed by atoms with Gasteiger partial charge in [0.25, 0.3) is 0 Å². The number of unbranched alkanes of at least 4 members (excludes halogenated alkanes) is 1. The lowest BCUT2D eigenvalue weighted by molar-refractivity contribution is 0.0697. The summed E-state index contributed by atoms with van der Waals surface area (Å²) >= 11 is 0. The highest BCUT2D eigenvalue weighted by Crippen LogP contribution is 2.33. The van der Waals surface area contributed by atoms with Gasteiger partial charge in [-0.3, -0.25) is 4.98 Å². The maximum atomic E-state index is 13.4. The van der Waals surface area contributed by atoms with Crippen molar-refractivity contribution in [3.63, 3.8) is 0 Å². The number of carbonyl (C=O) groups is 2. The Balaban J connectivity index is 0.00000442. The molecule has 0 saturated heterocycles. The van der Waals surface area contributed by atoms with Crippen molar-refractivity contribution in [2.24, 2.45) is 0 Å². The summed E-state index contributed by atoms with van der Waals surface area (Å²) in [6, 6.07) is 25.3. The van der Waals surface area contributed by atoms with Gasteiger partial charge in [0.2, 0.25) is 0 Å². The first-order chi connectivity index (χ1) is 20.9. The summed E-state index contributed by atoms with van der Waals surface area (Å²) < 4.78 is 5.75. The topological polar surface area (TPSA) is 95.5 Å². The van der Waals surface area contributed by atoms with Crippen LogP contribution in [0.2, 0.25) is 0 Å². The minimum absolute atomic E-state index is 0. The zero-order valence-electron chi connectivity index (χ0n) is 25.1. The number of aryl methyl sites for hydroxylation is 3. The number of hydrogen-bond donors (Lipinski definition) is 2. The van der Waals surface area contributed by atoms with E-state index in [2.05, 4.69) is 42.0 Å². The third kappa shape index (κ3) is 8.26. The smallest absolute Gasteiger partial charge is 0.410 e. The fraction of sp³-hybridized carbons (Fsp3) is 0.250. The number of rotatable bonds is 12. The number of pyridine rings is 1. The lowest BCUT2D eigenvalue weighted by atomic mass is 9.98. The van der Waals surface area contributed by atoms with Gasteiger partial charge in [0.1, 0.15) is 6.61 Å². The molecule has 7 nitrogen and oxygen atoms in total. The highest BCUT2D eigenvalue weighted by molar-refractivity contribution is 5.97. The molecule has 44 heavy (non-hydrogen) atoms. The van der Waals surface area contributed by atoms with E-state index >= 15 is 0 Å². The third-order valence-electron chi connectivity index (χ3n) is 7.65. The number of fused-ring (bicyclic) bond motifs is 1. The molecule has 0 radical (unpaired) electrons. The van der Waals surface area contributed by atoms with Crippen molar-refractivity contribution in [3.8, 4) is 11.3 Å². The van der Waals surface area contributed by atoms with Crippen molar-refractivity contribution in [3.05, 3.63) is 125 Å². The van der Waals surface area contributed by atoms with Crippen molar-refractivity contribution >= 4 is 35.4 Å². The minimum atomic E-state index is -0.970. The number of aromatic nitrogens is 2. The van der Waals surface area contributed by atoms with Crippen LogP contribution in [0.25, 0.3) is 22.2 Å². The Morgan fingerprint density at radius 1 is 0.841 bits per heavy atom. The summed E-state index contributed by atoms with van der Waals surface area (Å²) in [5.74, 6) is -0.970. The first kappa shape index (κ1) is 32.3. The quantitative estimate of drug-likeness (QED) is 0.139. The Kier molecular flexibility index (Phi) is 11.2. The molecule has 0 unspecified atom stereocenters. The monoisotopic (exact) mass is 611 g/mol. The minimum Gasteiger partial charge on any atom is -0.478 e. The van der Waals surface area contributed by atoms with Gasteiger partial charge in [0.15, 0.2) is 0 Å². The Morgan fingerprint density at radius 3 is 2.27 bits per heavy atom. The fourth-order valence-corrected chi connectivity index (χ4v) is 5.54. The maximum absolute atomic E-state index is 13.4. The van der Waals surface area contributed by atoms with Crippen molar-refractivity contribution in [2.45, 2.75) is 46.1 Å². The Morgan fingerprint density at radius 2 is 1.57 bits per heavy atom. The second-order valence-electron chi connectivity index (χ2n) is 11.0. The maximum Gasteiger partial charge on any atom is 0.410 e. The molecule has 0 bridgehead atoms. The molecule has 1 amide bonds. The van der Waals surface area contributed by atoms with E-state index in [9.17, 15) is 14.7 Å². The number of nitrogens with one attached hydrogen (secondary N) is 1. The number of carbonyl (C=O) groups excluding carboxylic acids is 1. The number of halogens is 1. The molecular formula is C36H38ClN3O4. The lowest BCUT2D eigenvalue weighted by Gasteiger charge is -2.23. The van der Waals surface area contributed by atoms with Crippen LogP contribution in [-0.4, -0.2) is 45.1 Å². The van der Waals surface area contributed by atoms with E-state index in [0.717, 1.165) is 63.7 Å². The third-order valence-corrected chi connectivity index (χ3v) is 7.65. The Hall–Kier alpha value is -4.62. The molecule has 0 saturated carbocycles. The van der Waals surface area contributed by atoms with E-state index in [4.69, 9.17) is 4.74 Å². The standard InChI is InChI=1S/C36H37N3O4.ClH/c1-25-20-26(2)22-30(21-25)34-31(32-23-29(35(40)41)11-12-33(32)38-34)15-19-39(18-7-6-8-27-13-16-37-17-14-27)36(42)43-24-28-9-4-3-5-10-28;/h3-5,9-14,16-17,20-23,38H,6-8,15,18-19,24H2,1-2H3,(H,40,41);1H. The summed E-state index contributed by atoms with van der Waals surface area (Å²) in [4.78, 5) is 34.6. The Labute approximate surface area is 264 Å². The molecule has 0 aliphatic carbocycles. The van der Waals surface area contributed by atoms with Gasteiger partial charge in [-0.15, -0.1) is 12.4 Å². The number of ether oxygens (including phenoxy) is 1. The zero-order valence-corrected chi connectivity index (χ0v) is 25.9. The summed E-state index contributed by atoms with van der Waals surface area (Å²) in [5, 5.41) is 10.5. The van der Waals surface area contributed by atoms with Crippen LogP contribution in [0.3, 0.4) is 0 Å². The number of amides is 1. The molecule has 2 heterocycles. The number of carboxylic acid groups (broad SMARTS) is 1. The molecule has 5 aromatic rings. The number of hydrogen-bond acceptors (Lipinski definition) is 4. The predicted molar refractivity (Wildman–Crippen MR) is 176 cm³/mol. The van der Waals surface area contributed by atoms with Crippen LogP contribution < -0.4 is 0 Å². The molecule has 8 heteroatoms. The molecule has 0 aliphatic heterocycles. The number of carboxylic acids is 1. The van der Waals surface area contributed by atoms with Crippen LogP contribution in [0.5, 0.6) is 0 Å². The second kappa shape index (κ2) is 15.2. The molecule has 3 aromatic carbocycles. The van der Waals surface area contributed by atoms with Crippen LogP contribution in [0.15, 0.2) is 91.3 Å². The molecule has 0 aliphatic rings. The van der Waals surface area contributed by atoms with Crippen molar-refractivity contribution in [2.75, 3.05) is 13.1 Å². The van der Waals surface area contributed by atoms with Crippen molar-refractivity contribution < 1.29 is 19.4 Å². The second-order valence-corrected chi connectivity index (χ2v) is 11.0. The SMILES string of the molecule is Cc1cc(C)cc(-c2[nH]c3ccc(C(=O)O)cc3c2CCN(CCCCc2ccncc2)C(=O)OCc2ccccc2)c1.Cl. The van der Waals surface area contributed by atoms with E-state index in [0.29, 0.717) is 19.5 Å². The van der Waals surface area contributed by atoms with Gasteiger partial charge in [-0.2, -0.15) is 0 Å². The largest absolute Gasteiger partial charge is 0.478 e. The highest BCUT2D eigenvalue weighted by atomic mass is 35.5. The van der Waals surface area contributed by atoms with E-state index in [1.807, 2.05) is 48.5 Å². The van der Waals surface area contributed by atoms with Gasteiger partial charge in [0, 0.05) is 42.1 Å². The molecule has 2 aromatic heterocycles. The van der Waals surface area contributed by atoms with Crippen LogP contribution in [0, 0.1) is 13.8 Å². The number of benzene rings is 3. The van der Waals surface area contributed by atoms with Crippen LogP contribution in [0.1, 0.15) is 51.0 Å². The molecule has 0 fully saturated rings. The average Bonchev–Trinajstić information content (AvgIpc) is 3.38. The fourth-order valence-electron chi connectivity index (χ4n) is 5.54. The van der Waals surface area contributed by atoms with Gasteiger partial charge in [-0.05, 0) is 104 Å². The number of aromatic carboxylic acids is 1. The van der Waals surface area contributed by atoms with Gasteiger partial charge < -0.3 is 19.7 Å². The van der Waals surface area contributed by atoms with Gasteiger partial charge >= 0.3 is 12.1 Å². The van der Waals surface area contributed by atoms with Gasteiger partial charge in [-0.1, -0.05) is 47.5 Å². The lowest BCUT2D eigenvalue weighted by Crippen LogP contribution is -2.34. The highest BCUT2D eigenvalue weighted by Gasteiger charge is 2.20. The number of nitrogens with zero attached hydrogens (tertiary/aromatic N) is 2. The average molecular weight is 612 g/mol. The van der Waals surface area contributed by atoms with E-state index < -0.39 is 5.97 Å². The zero-order chi connectivity index (χ0) is 30.2. The summed E-state index contributed by atoms with van der Waals surface area (Å²) in [6.45, 7) is 5.33. The molecule has 228 valence electrons. The predicted octanol–water partition coefficient (Wildman–Crippen LogP) is 8.17. The van der Waals surface area contributed by atoms with Crippen molar-refractivity contribution in [1.82, 2.24) is 14.9 Å². The Bertz CT molecular complexity index is 1680. The van der Waals surface area contributed by atoms with E-state index in [1.54, 1.807) is 29.4 Å². The van der Waals surface area contributed by atoms with Crippen molar-refractivity contribution in [1.29, 1.82) is 0 Å². The summed E-state index contributed by atoms with van der Waals surface area (Å²) in [5.41, 5.74) is 8.51. The summed E-state index contributed by atoms with van der Waals surface area (Å²) in [7, 11) is 0. The van der Waals surface area contributed by atoms with Crippen LogP contribution >= 0.6 is 12.4 Å². The summed E-state index contributed by atoms with van der Waals surface area (Å²) in [6.07, 6.45) is 6.44. The van der Waals surface area contributed by atoms with Gasteiger partial charge in [-0.25, -0.2) is 9.59 Å². The van der Waals surface area contributed by atoms with Crippen LogP contribution in [0.4, 0.5) is 4.79 Å². The number of H-pyrrole nitrogens is 1. The number of aromatic amines is 1. The molecular weight excluding hydrogens is 574 g/mol. The molecule has 2 N–H and O–H groups in total. The van der Waals surface area contributed by atoms with E-state index in [-0.39, 0.29) is 30.7 Å². The van der Waals surface area contributed by atoms with E-state index in [1.165, 1.54) is 5.56 Å². The molecule has 5 rings (SSSR count). The van der Waals surface area contributed by atoms with Gasteiger partial charge in [0.05, 0.1) is 5.56 Å². The molecule has 0 spiro atoms. The molecule has 0 atom stereocenters. The first-order valence-electron chi connectivity index (χ1n) is 14.7.